The molecule has 0 fully saturated rings. The zero-order valence-electron chi connectivity index (χ0n) is 23.4. The van der Waals surface area contributed by atoms with Gasteiger partial charge in [-0.05, 0) is 56.9 Å². The van der Waals surface area contributed by atoms with E-state index in [2.05, 4.69) is 23.6 Å². The Kier molecular flexibility index (Phi) is 8.81. The van der Waals surface area contributed by atoms with Crippen LogP contribution in [0, 0.1) is 27.7 Å². The summed E-state index contributed by atoms with van der Waals surface area (Å²) in [5.74, 6) is 0.268. The second kappa shape index (κ2) is 12.4. The first-order chi connectivity index (χ1) is 18.8. The number of nitrogens with one attached hydrogen (secondary N) is 2. The van der Waals surface area contributed by atoms with Crippen LogP contribution >= 0.6 is 0 Å². The number of benzene rings is 3. The number of carbonyl (C=O) groups excluding carboxylic acids is 2. The zero-order valence-corrected chi connectivity index (χ0v) is 23.4. The number of aryl methyl sites for hydroxylation is 4. The number of para-hydroxylation sites is 1. The fourth-order valence-corrected chi connectivity index (χ4v) is 4.60. The Morgan fingerprint density at radius 3 is 2.23 bits per heavy atom. The molecule has 0 atom stereocenters. The lowest BCUT2D eigenvalue weighted by Gasteiger charge is -2.24. The Hall–Kier alpha value is -4.39. The molecule has 0 saturated carbocycles. The van der Waals surface area contributed by atoms with Crippen molar-refractivity contribution < 1.29 is 9.59 Å². The molecule has 39 heavy (non-hydrogen) atoms. The number of nitrogens with zero attached hydrogens (tertiary/aromatic N) is 3. The van der Waals surface area contributed by atoms with Gasteiger partial charge in [0, 0.05) is 23.9 Å². The van der Waals surface area contributed by atoms with Crippen molar-refractivity contribution in [3.8, 4) is 16.9 Å². The van der Waals surface area contributed by atoms with Gasteiger partial charge in [-0.2, -0.15) is 5.10 Å². The van der Waals surface area contributed by atoms with Gasteiger partial charge in [0.25, 0.3) is 0 Å². The van der Waals surface area contributed by atoms with Crippen molar-refractivity contribution in [2.24, 2.45) is 0 Å². The maximum Gasteiger partial charge on any atom is 0.322 e. The fraction of sp³-hybridized carbons (Fsp3) is 0.281. The molecule has 1 heterocycles. The van der Waals surface area contributed by atoms with E-state index in [9.17, 15) is 9.59 Å². The number of aromatic nitrogens is 2. The average Bonchev–Trinajstić information content (AvgIpc) is 3.32. The molecule has 7 heteroatoms. The lowest BCUT2D eigenvalue weighted by molar-refractivity contribution is -0.116. The second-order valence-corrected chi connectivity index (χ2v) is 10.0. The summed E-state index contributed by atoms with van der Waals surface area (Å²) in [5, 5.41) is 10.9. The number of amides is 3. The van der Waals surface area contributed by atoms with Crippen LogP contribution in [0.1, 0.15) is 42.0 Å². The summed E-state index contributed by atoms with van der Waals surface area (Å²) < 4.78 is 1.77. The number of anilines is 2. The Bertz CT molecular complexity index is 1440. The van der Waals surface area contributed by atoms with Crippen LogP contribution in [-0.2, 0) is 4.79 Å². The van der Waals surface area contributed by atoms with Crippen molar-refractivity contribution in [2.75, 3.05) is 23.7 Å². The SMILES string of the molecule is CCCCN(CC(=O)Nc1cc(-c2ccccc2)nn1-c1ccc(C)cc1C)C(=O)Nc1c(C)cccc1C. The molecule has 4 rings (SSSR count). The van der Waals surface area contributed by atoms with Crippen molar-refractivity contribution in [1.82, 2.24) is 14.7 Å². The zero-order chi connectivity index (χ0) is 27.9. The van der Waals surface area contributed by atoms with Gasteiger partial charge >= 0.3 is 6.03 Å². The predicted molar refractivity (Wildman–Crippen MR) is 159 cm³/mol. The summed E-state index contributed by atoms with van der Waals surface area (Å²) in [6.45, 7) is 10.5. The third-order valence-electron chi connectivity index (χ3n) is 6.74. The van der Waals surface area contributed by atoms with Crippen molar-refractivity contribution in [3.05, 3.63) is 95.1 Å². The minimum Gasteiger partial charge on any atom is -0.315 e. The van der Waals surface area contributed by atoms with Gasteiger partial charge in [-0.1, -0.05) is 79.6 Å². The summed E-state index contributed by atoms with van der Waals surface area (Å²) >= 11 is 0. The summed E-state index contributed by atoms with van der Waals surface area (Å²) in [4.78, 5) is 28.2. The highest BCUT2D eigenvalue weighted by atomic mass is 16.2. The first-order valence-electron chi connectivity index (χ1n) is 13.4. The van der Waals surface area contributed by atoms with Crippen LogP contribution in [0.15, 0.2) is 72.8 Å². The number of unbranched alkanes of at least 4 members (excludes halogenated alkanes) is 1. The van der Waals surface area contributed by atoms with E-state index in [1.807, 2.05) is 94.4 Å². The highest BCUT2D eigenvalue weighted by Crippen LogP contribution is 2.27. The van der Waals surface area contributed by atoms with Gasteiger partial charge < -0.3 is 15.5 Å². The molecule has 0 saturated heterocycles. The van der Waals surface area contributed by atoms with E-state index in [1.54, 1.807) is 9.58 Å². The topological polar surface area (TPSA) is 79.3 Å². The largest absolute Gasteiger partial charge is 0.322 e. The molecular formula is C32H37N5O2. The normalized spacial score (nSPS) is 10.8. The molecule has 3 amide bonds. The highest BCUT2D eigenvalue weighted by molar-refractivity contribution is 5.97. The molecule has 0 aliphatic rings. The standard InChI is InChI=1S/C32H37N5O2/c1-6-7-18-36(32(39)34-31-23(3)12-11-13-24(31)4)21-30(38)33-29-20-27(26-14-9-8-10-15-26)35-37(29)28-17-16-22(2)19-25(28)5/h8-17,19-20H,6-7,18,21H2,1-5H3,(H,33,38)(H,34,39). The van der Waals surface area contributed by atoms with Gasteiger partial charge in [0.1, 0.15) is 12.4 Å². The quantitative estimate of drug-likeness (QED) is 0.247. The maximum atomic E-state index is 13.4. The Morgan fingerprint density at radius 1 is 0.846 bits per heavy atom. The Labute approximate surface area is 230 Å². The molecule has 3 aromatic carbocycles. The number of urea groups is 1. The van der Waals surface area contributed by atoms with Crippen LogP contribution in [0.3, 0.4) is 0 Å². The Morgan fingerprint density at radius 2 is 1.56 bits per heavy atom. The van der Waals surface area contributed by atoms with Gasteiger partial charge in [0.05, 0.1) is 11.4 Å². The van der Waals surface area contributed by atoms with Crippen molar-refractivity contribution in [3.63, 3.8) is 0 Å². The first-order valence-corrected chi connectivity index (χ1v) is 13.4. The molecule has 1 aromatic heterocycles. The molecule has 0 aliphatic carbocycles. The molecule has 4 aromatic rings. The van der Waals surface area contributed by atoms with E-state index >= 15 is 0 Å². The van der Waals surface area contributed by atoms with Crippen LogP contribution in [0.25, 0.3) is 16.9 Å². The van der Waals surface area contributed by atoms with Gasteiger partial charge in [0.15, 0.2) is 0 Å². The average molecular weight is 524 g/mol. The van der Waals surface area contributed by atoms with Gasteiger partial charge in [0.2, 0.25) is 5.91 Å². The summed E-state index contributed by atoms with van der Waals surface area (Å²) in [5.41, 5.74) is 7.53. The molecule has 7 nitrogen and oxygen atoms in total. The van der Waals surface area contributed by atoms with Crippen LogP contribution in [-0.4, -0.2) is 39.7 Å². The van der Waals surface area contributed by atoms with Crippen LogP contribution in [0.5, 0.6) is 0 Å². The second-order valence-electron chi connectivity index (χ2n) is 10.0. The van der Waals surface area contributed by atoms with Crippen LogP contribution in [0.4, 0.5) is 16.3 Å². The smallest absolute Gasteiger partial charge is 0.315 e. The number of hydrogen-bond donors (Lipinski definition) is 2. The van der Waals surface area contributed by atoms with Crippen molar-refractivity contribution in [2.45, 2.75) is 47.5 Å². The minimum atomic E-state index is -0.288. The number of hydrogen-bond acceptors (Lipinski definition) is 3. The van der Waals surface area contributed by atoms with E-state index in [4.69, 9.17) is 5.10 Å². The molecule has 0 radical (unpaired) electrons. The number of carbonyl (C=O) groups is 2. The molecule has 0 unspecified atom stereocenters. The lowest BCUT2D eigenvalue weighted by Crippen LogP contribution is -2.41. The maximum absolute atomic E-state index is 13.4. The molecule has 0 aliphatic heterocycles. The monoisotopic (exact) mass is 523 g/mol. The Balaban J connectivity index is 1.60. The van der Waals surface area contributed by atoms with Gasteiger partial charge in [-0.15, -0.1) is 0 Å². The van der Waals surface area contributed by atoms with E-state index in [0.717, 1.165) is 57.7 Å². The fourth-order valence-electron chi connectivity index (χ4n) is 4.60. The van der Waals surface area contributed by atoms with E-state index in [0.29, 0.717) is 12.4 Å². The van der Waals surface area contributed by atoms with Crippen molar-refractivity contribution in [1.29, 1.82) is 0 Å². The van der Waals surface area contributed by atoms with Crippen LogP contribution < -0.4 is 10.6 Å². The first kappa shape index (κ1) is 27.6. The summed E-state index contributed by atoms with van der Waals surface area (Å²) in [6, 6.07) is 23.5. The highest BCUT2D eigenvalue weighted by Gasteiger charge is 2.21. The molecule has 202 valence electrons. The van der Waals surface area contributed by atoms with E-state index in [1.165, 1.54) is 0 Å². The summed E-state index contributed by atoms with van der Waals surface area (Å²) in [6.07, 6.45) is 1.71. The minimum absolute atomic E-state index is 0.0739. The third-order valence-corrected chi connectivity index (χ3v) is 6.74. The molecule has 2 N–H and O–H groups in total. The van der Waals surface area contributed by atoms with Crippen molar-refractivity contribution >= 4 is 23.4 Å². The molecule has 0 spiro atoms. The molecule has 0 bridgehead atoms. The van der Waals surface area contributed by atoms with Gasteiger partial charge in [-0.3, -0.25) is 4.79 Å². The van der Waals surface area contributed by atoms with E-state index < -0.39 is 0 Å². The predicted octanol–water partition coefficient (Wildman–Crippen LogP) is 7.05. The lowest BCUT2D eigenvalue weighted by atomic mass is 10.1. The third kappa shape index (κ3) is 6.74. The summed E-state index contributed by atoms with van der Waals surface area (Å²) in [7, 11) is 0. The molecular weight excluding hydrogens is 486 g/mol. The van der Waals surface area contributed by atoms with E-state index in [-0.39, 0.29) is 18.5 Å². The number of rotatable bonds is 9. The van der Waals surface area contributed by atoms with Gasteiger partial charge in [-0.25, -0.2) is 9.48 Å². The van der Waals surface area contributed by atoms with Crippen LogP contribution in [0.2, 0.25) is 0 Å².